The molecule has 1 aromatic heterocycles. The van der Waals surface area contributed by atoms with Crippen LogP contribution in [0.3, 0.4) is 0 Å². The number of aryl methyl sites for hydroxylation is 3. The third-order valence-electron chi connectivity index (χ3n) is 5.73. The van der Waals surface area contributed by atoms with Gasteiger partial charge in [0, 0.05) is 31.7 Å². The van der Waals surface area contributed by atoms with Crippen LogP contribution in [0.1, 0.15) is 27.0 Å². The highest BCUT2D eigenvalue weighted by atomic mass is 32.2. The van der Waals surface area contributed by atoms with Crippen LogP contribution < -0.4 is 0 Å². The van der Waals surface area contributed by atoms with Crippen molar-refractivity contribution in [2.45, 2.75) is 25.7 Å². The van der Waals surface area contributed by atoms with Crippen LogP contribution in [0.2, 0.25) is 0 Å². The molecule has 9 heteroatoms. The number of nitrogens with zero attached hydrogens (tertiary/aromatic N) is 3. The number of H-pyrrole nitrogens is 1. The number of benzene rings is 2. The highest BCUT2D eigenvalue weighted by molar-refractivity contribution is 7.89. The van der Waals surface area contributed by atoms with Crippen molar-refractivity contribution in [3.63, 3.8) is 0 Å². The van der Waals surface area contributed by atoms with Crippen LogP contribution in [0, 0.1) is 26.6 Å². The van der Waals surface area contributed by atoms with Crippen molar-refractivity contribution in [3.05, 3.63) is 70.7 Å². The number of aromatic amines is 1. The average Bonchev–Trinajstić information content (AvgIpc) is 3.23. The van der Waals surface area contributed by atoms with Crippen LogP contribution in [-0.2, 0) is 10.0 Å². The van der Waals surface area contributed by atoms with Gasteiger partial charge in [0.1, 0.15) is 5.82 Å². The first-order valence-electron chi connectivity index (χ1n) is 10.3. The Kier molecular flexibility index (Phi) is 5.87. The third kappa shape index (κ3) is 4.05. The van der Waals surface area contributed by atoms with Gasteiger partial charge in [0.05, 0.1) is 22.3 Å². The molecule has 1 N–H and O–H groups in total. The van der Waals surface area contributed by atoms with Crippen molar-refractivity contribution in [1.29, 1.82) is 0 Å². The Balaban J connectivity index is 1.51. The molecule has 0 bridgehead atoms. The molecule has 0 unspecified atom stereocenters. The maximum atomic E-state index is 13.3. The zero-order valence-corrected chi connectivity index (χ0v) is 19.0. The van der Waals surface area contributed by atoms with Gasteiger partial charge in [0.25, 0.3) is 5.91 Å². The lowest BCUT2D eigenvalue weighted by atomic mass is 10.1. The monoisotopic (exact) mass is 456 g/mol. The summed E-state index contributed by atoms with van der Waals surface area (Å²) in [5.41, 5.74) is 4.01. The van der Waals surface area contributed by atoms with E-state index < -0.39 is 10.0 Å². The number of aromatic nitrogens is 2. The van der Waals surface area contributed by atoms with E-state index in [0.29, 0.717) is 21.7 Å². The topological polar surface area (TPSA) is 86.4 Å². The van der Waals surface area contributed by atoms with Gasteiger partial charge in [0.2, 0.25) is 10.0 Å². The van der Waals surface area contributed by atoms with Crippen LogP contribution in [-0.4, -0.2) is 59.9 Å². The molecule has 1 saturated heterocycles. The molecule has 3 aromatic rings. The van der Waals surface area contributed by atoms with Gasteiger partial charge in [-0.1, -0.05) is 17.7 Å². The lowest BCUT2D eigenvalue weighted by Gasteiger charge is -2.34. The molecule has 2 heterocycles. The highest BCUT2D eigenvalue weighted by Crippen LogP contribution is 2.27. The minimum atomic E-state index is -3.66. The van der Waals surface area contributed by atoms with Crippen molar-refractivity contribution in [3.8, 4) is 11.3 Å². The number of halogens is 1. The van der Waals surface area contributed by atoms with E-state index in [-0.39, 0.29) is 37.9 Å². The van der Waals surface area contributed by atoms with Crippen LogP contribution >= 0.6 is 0 Å². The molecule has 1 amide bonds. The lowest BCUT2D eigenvalue weighted by Crippen LogP contribution is -2.50. The number of nitrogens with one attached hydrogen (secondary N) is 1. The molecule has 7 nitrogen and oxygen atoms in total. The summed E-state index contributed by atoms with van der Waals surface area (Å²) in [6.45, 7) is 6.53. The average molecular weight is 457 g/mol. The Morgan fingerprint density at radius 3 is 2.19 bits per heavy atom. The normalized spacial score (nSPS) is 15.2. The second-order valence-corrected chi connectivity index (χ2v) is 9.96. The fourth-order valence-corrected chi connectivity index (χ4v) is 6.12. The minimum Gasteiger partial charge on any atom is -0.336 e. The van der Waals surface area contributed by atoms with Crippen molar-refractivity contribution in [2.75, 3.05) is 26.2 Å². The van der Waals surface area contributed by atoms with E-state index >= 15 is 0 Å². The van der Waals surface area contributed by atoms with E-state index in [0.717, 1.165) is 16.7 Å². The third-order valence-corrected chi connectivity index (χ3v) is 7.94. The number of carbonyl (C=O) groups excluding carboxylic acids is 1. The molecule has 2 aromatic carbocycles. The van der Waals surface area contributed by atoms with E-state index in [1.165, 1.54) is 22.6 Å². The van der Waals surface area contributed by atoms with Gasteiger partial charge in [-0.05, 0) is 56.2 Å². The van der Waals surface area contributed by atoms with Crippen molar-refractivity contribution in [1.82, 2.24) is 19.4 Å². The Hall–Kier alpha value is -3.04. The second-order valence-electron chi connectivity index (χ2n) is 8.09. The van der Waals surface area contributed by atoms with Crippen LogP contribution in [0.25, 0.3) is 11.3 Å². The fraction of sp³-hybridized carbons (Fsp3) is 0.304. The van der Waals surface area contributed by atoms with Gasteiger partial charge in [-0.15, -0.1) is 0 Å². The number of hydrogen-bond donors (Lipinski definition) is 1. The molecule has 0 radical (unpaired) electrons. The molecule has 1 fully saturated rings. The number of piperazine rings is 1. The van der Waals surface area contributed by atoms with Crippen molar-refractivity contribution >= 4 is 15.9 Å². The summed E-state index contributed by atoms with van der Waals surface area (Å²) < 4.78 is 41.3. The molecular weight excluding hydrogens is 431 g/mol. The summed E-state index contributed by atoms with van der Waals surface area (Å²) in [5.74, 6) is -0.602. The van der Waals surface area contributed by atoms with Crippen molar-refractivity contribution < 1.29 is 17.6 Å². The number of amides is 1. The first-order valence-corrected chi connectivity index (χ1v) is 11.8. The Morgan fingerprint density at radius 1 is 1.00 bits per heavy atom. The summed E-state index contributed by atoms with van der Waals surface area (Å²) in [4.78, 5) is 15.1. The molecule has 4 rings (SSSR count). The van der Waals surface area contributed by atoms with E-state index in [4.69, 9.17) is 0 Å². The maximum Gasteiger partial charge on any atom is 0.257 e. The maximum absolute atomic E-state index is 13.3. The zero-order valence-electron chi connectivity index (χ0n) is 18.2. The second kappa shape index (κ2) is 8.48. The molecule has 32 heavy (non-hydrogen) atoms. The molecule has 1 aliphatic heterocycles. The lowest BCUT2D eigenvalue weighted by molar-refractivity contribution is 0.0698. The first-order chi connectivity index (χ1) is 15.2. The molecule has 168 valence electrons. The zero-order chi connectivity index (χ0) is 23.0. The Bertz CT molecular complexity index is 1240. The molecule has 0 spiro atoms. The van der Waals surface area contributed by atoms with Crippen molar-refractivity contribution in [2.24, 2.45) is 0 Å². The molecule has 1 aliphatic rings. The summed E-state index contributed by atoms with van der Waals surface area (Å²) in [7, 11) is -3.66. The number of sulfonamides is 1. The van der Waals surface area contributed by atoms with E-state index in [1.54, 1.807) is 17.0 Å². The predicted molar refractivity (Wildman–Crippen MR) is 119 cm³/mol. The SMILES string of the molecule is Cc1cc(C)c(S(=O)(=O)N2CCN(C(=O)c3cn[nH]c3-c3ccc(F)cc3)CC2)c(C)c1. The largest absolute Gasteiger partial charge is 0.336 e. The van der Waals surface area contributed by atoms with E-state index in [2.05, 4.69) is 10.2 Å². The summed E-state index contributed by atoms with van der Waals surface area (Å²) in [5, 5.41) is 6.79. The summed E-state index contributed by atoms with van der Waals surface area (Å²) in [6, 6.07) is 9.55. The summed E-state index contributed by atoms with van der Waals surface area (Å²) in [6.07, 6.45) is 1.45. The Labute approximate surface area is 186 Å². The smallest absolute Gasteiger partial charge is 0.257 e. The first kappa shape index (κ1) is 22.2. The number of carbonyl (C=O) groups is 1. The van der Waals surface area contributed by atoms with Gasteiger partial charge >= 0.3 is 0 Å². The molecular formula is C23H25FN4O3S. The number of rotatable bonds is 4. The quantitative estimate of drug-likeness (QED) is 0.653. The number of hydrogen-bond acceptors (Lipinski definition) is 4. The van der Waals surface area contributed by atoms with E-state index in [9.17, 15) is 17.6 Å². The van der Waals surface area contributed by atoms with Crippen LogP contribution in [0.15, 0.2) is 47.5 Å². The van der Waals surface area contributed by atoms with Gasteiger partial charge in [0.15, 0.2) is 0 Å². The van der Waals surface area contributed by atoms with Crippen LogP contribution in [0.5, 0.6) is 0 Å². The van der Waals surface area contributed by atoms with Crippen LogP contribution in [0.4, 0.5) is 4.39 Å². The van der Waals surface area contributed by atoms with Gasteiger partial charge < -0.3 is 4.90 Å². The summed E-state index contributed by atoms with van der Waals surface area (Å²) >= 11 is 0. The van der Waals surface area contributed by atoms with Gasteiger partial charge in [-0.3, -0.25) is 9.89 Å². The standard InChI is InChI=1S/C23H25FN4O3S/c1-15-12-16(2)22(17(3)13-15)32(30,31)28-10-8-27(9-11-28)23(29)20-14-25-26-21(20)18-4-6-19(24)7-5-18/h4-7,12-14H,8-11H2,1-3H3,(H,25,26). The molecule has 0 atom stereocenters. The molecule has 0 saturated carbocycles. The Morgan fingerprint density at radius 2 is 1.59 bits per heavy atom. The van der Waals surface area contributed by atoms with Gasteiger partial charge in [-0.25, -0.2) is 12.8 Å². The highest BCUT2D eigenvalue weighted by Gasteiger charge is 2.33. The van der Waals surface area contributed by atoms with Gasteiger partial charge in [-0.2, -0.15) is 9.40 Å². The molecule has 0 aliphatic carbocycles. The predicted octanol–water partition coefficient (Wildman–Crippen LogP) is 3.29. The van der Waals surface area contributed by atoms with E-state index in [1.807, 2.05) is 32.9 Å². The fourth-order valence-electron chi connectivity index (χ4n) is 4.29. The minimum absolute atomic E-state index is 0.213.